The summed E-state index contributed by atoms with van der Waals surface area (Å²) in [5, 5.41) is 5.28. The van der Waals surface area contributed by atoms with E-state index in [1.54, 1.807) is 6.07 Å². The van der Waals surface area contributed by atoms with Gasteiger partial charge in [-0.2, -0.15) is 0 Å². The number of halogens is 1. The smallest absolute Gasteiger partial charge is 0.338 e. The van der Waals surface area contributed by atoms with E-state index in [2.05, 4.69) is 22.4 Å². The molecule has 5 heteroatoms. The maximum atomic E-state index is 11.8. The molecule has 0 radical (unpaired) electrons. The van der Waals surface area contributed by atoms with Gasteiger partial charge in [0.1, 0.15) is 5.58 Å². The number of hydrogen-bond donors (Lipinski definition) is 1. The molecule has 3 aromatic rings. The first-order valence-electron chi connectivity index (χ1n) is 9.62. The highest BCUT2D eigenvalue weighted by Gasteiger charge is 2.19. The molecule has 0 spiro atoms. The highest BCUT2D eigenvalue weighted by molar-refractivity contribution is 6.32. The number of hydrogen-bond acceptors (Lipinski definition) is 4. The summed E-state index contributed by atoms with van der Waals surface area (Å²) in [4.78, 5) is 14.3. The Morgan fingerprint density at radius 2 is 1.86 bits per heavy atom. The van der Waals surface area contributed by atoms with E-state index < -0.39 is 0 Å². The van der Waals surface area contributed by atoms with E-state index >= 15 is 0 Å². The summed E-state index contributed by atoms with van der Waals surface area (Å²) in [5.74, 6) is 0. The van der Waals surface area contributed by atoms with Crippen LogP contribution in [-0.2, 0) is 0 Å². The lowest BCUT2D eigenvalue weighted by atomic mass is 10.0. The highest BCUT2D eigenvalue weighted by atomic mass is 35.5. The van der Waals surface area contributed by atoms with Gasteiger partial charge in [0.15, 0.2) is 0 Å². The Bertz CT molecular complexity index is 1040. The number of para-hydroxylation sites is 1. The van der Waals surface area contributed by atoms with Gasteiger partial charge in [-0.1, -0.05) is 54.1 Å². The van der Waals surface area contributed by atoms with Gasteiger partial charge in [0.05, 0.1) is 5.69 Å². The molecule has 4 rings (SSSR count). The average molecular weight is 395 g/mol. The topological polar surface area (TPSA) is 45.5 Å². The molecule has 1 aliphatic heterocycles. The van der Waals surface area contributed by atoms with Gasteiger partial charge in [0, 0.05) is 42.2 Å². The fourth-order valence-electron chi connectivity index (χ4n) is 3.65. The van der Waals surface area contributed by atoms with Crippen molar-refractivity contribution < 1.29 is 4.42 Å². The van der Waals surface area contributed by atoms with Crippen LogP contribution in [-0.4, -0.2) is 30.6 Å². The van der Waals surface area contributed by atoms with Gasteiger partial charge in [-0.05, 0) is 36.6 Å². The standard InChI is InChI=1S/C23H23ClN2O2/c24-20-9-3-1-6-17(20)7-5-13-26-14-11-18(12-15-26)25-21-16-23(27)28-22-10-4-2-8-19(21)22/h1-10,16,18,25H,11-15H2. The third-order valence-corrected chi connectivity index (χ3v) is 5.51. The molecule has 4 nitrogen and oxygen atoms in total. The van der Waals surface area contributed by atoms with Crippen LogP contribution in [0.25, 0.3) is 17.0 Å². The summed E-state index contributed by atoms with van der Waals surface area (Å²) in [5.41, 5.74) is 2.22. The fraction of sp³-hybridized carbons (Fsp3) is 0.261. The third-order valence-electron chi connectivity index (χ3n) is 5.16. The maximum absolute atomic E-state index is 11.8. The quantitative estimate of drug-likeness (QED) is 0.616. The lowest BCUT2D eigenvalue weighted by molar-refractivity contribution is 0.240. The van der Waals surface area contributed by atoms with Crippen LogP contribution in [0.15, 0.2) is 69.9 Å². The van der Waals surface area contributed by atoms with Gasteiger partial charge in [-0.25, -0.2) is 4.79 Å². The van der Waals surface area contributed by atoms with Gasteiger partial charge in [0.2, 0.25) is 0 Å². The van der Waals surface area contributed by atoms with Crippen LogP contribution in [0.4, 0.5) is 5.69 Å². The molecular weight excluding hydrogens is 372 g/mol. The van der Waals surface area contributed by atoms with Crippen molar-refractivity contribution >= 4 is 34.3 Å². The van der Waals surface area contributed by atoms with E-state index in [1.807, 2.05) is 48.5 Å². The minimum atomic E-state index is -0.316. The molecular formula is C23H23ClN2O2. The number of nitrogens with one attached hydrogen (secondary N) is 1. The molecule has 0 saturated carbocycles. The Labute approximate surface area is 169 Å². The molecule has 0 bridgehead atoms. The second-order valence-corrected chi connectivity index (χ2v) is 7.53. The van der Waals surface area contributed by atoms with Crippen molar-refractivity contribution in [2.75, 3.05) is 25.0 Å². The molecule has 2 aromatic carbocycles. The van der Waals surface area contributed by atoms with Gasteiger partial charge >= 0.3 is 5.63 Å². The maximum Gasteiger partial charge on any atom is 0.338 e. The normalized spacial score (nSPS) is 16.0. The number of piperidine rings is 1. The van der Waals surface area contributed by atoms with E-state index in [-0.39, 0.29) is 5.63 Å². The van der Waals surface area contributed by atoms with E-state index in [4.69, 9.17) is 16.0 Å². The van der Waals surface area contributed by atoms with Gasteiger partial charge in [-0.3, -0.25) is 4.90 Å². The van der Waals surface area contributed by atoms with Gasteiger partial charge in [-0.15, -0.1) is 0 Å². The molecule has 1 aromatic heterocycles. The average Bonchev–Trinajstić information content (AvgIpc) is 2.71. The van der Waals surface area contributed by atoms with Crippen molar-refractivity contribution in [3.05, 3.63) is 81.7 Å². The third kappa shape index (κ3) is 4.46. The monoisotopic (exact) mass is 394 g/mol. The second-order valence-electron chi connectivity index (χ2n) is 7.12. The van der Waals surface area contributed by atoms with E-state index in [1.165, 1.54) is 0 Å². The molecule has 2 heterocycles. The largest absolute Gasteiger partial charge is 0.423 e. The Hall–Kier alpha value is -2.56. The van der Waals surface area contributed by atoms with Crippen molar-refractivity contribution in [2.24, 2.45) is 0 Å². The highest BCUT2D eigenvalue weighted by Crippen LogP contribution is 2.24. The van der Waals surface area contributed by atoms with Crippen LogP contribution in [0, 0.1) is 0 Å². The number of anilines is 1. The lowest BCUT2D eigenvalue weighted by Gasteiger charge is -2.32. The van der Waals surface area contributed by atoms with Crippen molar-refractivity contribution in [3.8, 4) is 0 Å². The van der Waals surface area contributed by atoms with Crippen molar-refractivity contribution in [3.63, 3.8) is 0 Å². The molecule has 1 aliphatic rings. The number of nitrogens with zero attached hydrogens (tertiary/aromatic N) is 1. The van der Waals surface area contributed by atoms with E-state index in [9.17, 15) is 4.79 Å². The van der Waals surface area contributed by atoms with E-state index in [0.717, 1.165) is 54.1 Å². The zero-order valence-corrected chi connectivity index (χ0v) is 16.4. The van der Waals surface area contributed by atoms with Crippen molar-refractivity contribution in [1.29, 1.82) is 0 Å². The van der Waals surface area contributed by atoms with Crippen molar-refractivity contribution in [2.45, 2.75) is 18.9 Å². The van der Waals surface area contributed by atoms with Gasteiger partial charge in [0.25, 0.3) is 0 Å². The number of rotatable bonds is 5. The zero-order chi connectivity index (χ0) is 19.3. The first-order chi connectivity index (χ1) is 13.7. The summed E-state index contributed by atoms with van der Waals surface area (Å²) in [6.45, 7) is 2.95. The molecule has 1 N–H and O–H groups in total. The fourth-order valence-corrected chi connectivity index (χ4v) is 3.85. The van der Waals surface area contributed by atoms with Crippen LogP contribution < -0.4 is 10.9 Å². The molecule has 1 saturated heterocycles. The van der Waals surface area contributed by atoms with Crippen LogP contribution in [0.5, 0.6) is 0 Å². The summed E-state index contributed by atoms with van der Waals surface area (Å²) in [6, 6.07) is 17.4. The number of fused-ring (bicyclic) bond motifs is 1. The Morgan fingerprint density at radius 3 is 2.68 bits per heavy atom. The molecule has 1 fully saturated rings. The Morgan fingerprint density at radius 1 is 1.11 bits per heavy atom. The first kappa shape index (κ1) is 18.8. The van der Waals surface area contributed by atoms with Gasteiger partial charge < -0.3 is 9.73 Å². The minimum absolute atomic E-state index is 0.316. The summed E-state index contributed by atoms with van der Waals surface area (Å²) in [7, 11) is 0. The van der Waals surface area contributed by atoms with Crippen LogP contribution in [0.1, 0.15) is 18.4 Å². The van der Waals surface area contributed by atoms with Crippen molar-refractivity contribution in [1.82, 2.24) is 4.90 Å². The molecule has 0 atom stereocenters. The molecule has 144 valence electrons. The summed E-state index contributed by atoms with van der Waals surface area (Å²) >= 11 is 6.19. The number of likely N-dealkylation sites (tertiary alicyclic amines) is 1. The Kier molecular flexibility index (Phi) is 5.79. The molecule has 0 unspecified atom stereocenters. The summed E-state index contributed by atoms with van der Waals surface area (Å²) < 4.78 is 5.28. The predicted octanol–water partition coefficient (Wildman–Crippen LogP) is 5.04. The number of benzene rings is 2. The van der Waals surface area contributed by atoms with Crippen LogP contribution in [0.2, 0.25) is 5.02 Å². The van der Waals surface area contributed by atoms with Crippen LogP contribution >= 0.6 is 11.6 Å². The Balaban J connectivity index is 1.34. The zero-order valence-electron chi connectivity index (χ0n) is 15.6. The predicted molar refractivity (Wildman–Crippen MR) is 116 cm³/mol. The van der Waals surface area contributed by atoms with Crippen LogP contribution in [0.3, 0.4) is 0 Å². The molecule has 0 aliphatic carbocycles. The summed E-state index contributed by atoms with van der Waals surface area (Å²) in [6.07, 6.45) is 6.33. The minimum Gasteiger partial charge on any atom is -0.423 e. The molecule has 0 amide bonds. The molecule has 28 heavy (non-hydrogen) atoms. The lowest BCUT2D eigenvalue weighted by Crippen LogP contribution is -2.39. The second kappa shape index (κ2) is 8.63. The first-order valence-corrected chi connectivity index (χ1v) is 10.00. The van der Waals surface area contributed by atoms with E-state index in [0.29, 0.717) is 11.6 Å². The SMILES string of the molecule is O=c1cc(NC2CCN(CC=Cc3ccccc3Cl)CC2)c2ccccc2o1.